The number of hydrogen-bond donors (Lipinski definition) is 0. The molecule has 0 aromatic carbocycles. The second-order valence-electron chi connectivity index (χ2n) is 4.59. The normalized spacial score (nSPS) is 17.1. The molecule has 0 N–H and O–H groups in total. The molecule has 20 heavy (non-hydrogen) atoms. The lowest BCUT2D eigenvalue weighted by Gasteiger charge is -2.28. The summed E-state index contributed by atoms with van der Waals surface area (Å²) in [7, 11) is 1.61. The molecule has 0 amide bonds. The molecule has 5 nitrogen and oxygen atoms in total. The molecule has 1 saturated heterocycles. The lowest BCUT2D eigenvalue weighted by Crippen LogP contribution is -2.39. The van der Waals surface area contributed by atoms with Crippen LogP contribution in [0.1, 0.15) is 4.88 Å². The van der Waals surface area contributed by atoms with Crippen molar-refractivity contribution in [3.8, 4) is 0 Å². The van der Waals surface area contributed by atoms with Gasteiger partial charge in [0.25, 0.3) is 0 Å². The summed E-state index contributed by atoms with van der Waals surface area (Å²) in [5.74, 6) is 0. The van der Waals surface area contributed by atoms with E-state index in [1.807, 2.05) is 0 Å². The molecule has 0 spiro atoms. The standard InChI is InChI=1S/C14H22O5S/c1-15-11-19-13(10-18-12-8-17-9-12)7-16-5-4-14-3-2-6-20-14/h2-3,6,12-13H,4-5,7-11H2,1H3. The van der Waals surface area contributed by atoms with E-state index < -0.39 is 0 Å². The summed E-state index contributed by atoms with van der Waals surface area (Å²) in [6, 6.07) is 4.17. The third-order valence-corrected chi connectivity index (χ3v) is 3.86. The maximum absolute atomic E-state index is 5.66. The molecule has 1 aliphatic heterocycles. The Morgan fingerprint density at radius 3 is 2.95 bits per heavy atom. The number of methoxy groups -OCH3 is 1. The van der Waals surface area contributed by atoms with Gasteiger partial charge < -0.3 is 23.7 Å². The highest BCUT2D eigenvalue weighted by Gasteiger charge is 2.21. The first-order valence-corrected chi connectivity index (χ1v) is 7.66. The van der Waals surface area contributed by atoms with Crippen LogP contribution in [-0.4, -0.2) is 59.1 Å². The zero-order valence-corrected chi connectivity index (χ0v) is 12.6. The Morgan fingerprint density at radius 1 is 1.40 bits per heavy atom. The Hall–Kier alpha value is -0.500. The van der Waals surface area contributed by atoms with Crippen LogP contribution in [0.15, 0.2) is 17.5 Å². The van der Waals surface area contributed by atoms with E-state index in [0.29, 0.717) is 33.0 Å². The number of rotatable bonds is 11. The van der Waals surface area contributed by atoms with Crippen molar-refractivity contribution < 1.29 is 23.7 Å². The van der Waals surface area contributed by atoms with Gasteiger partial charge in [0.05, 0.1) is 33.0 Å². The maximum Gasteiger partial charge on any atom is 0.146 e. The second kappa shape index (κ2) is 9.44. The first-order chi connectivity index (χ1) is 9.88. The Kier molecular flexibility index (Phi) is 7.49. The third-order valence-electron chi connectivity index (χ3n) is 2.92. The topological polar surface area (TPSA) is 46.2 Å². The molecule has 0 radical (unpaired) electrons. The van der Waals surface area contributed by atoms with E-state index in [2.05, 4.69) is 17.5 Å². The van der Waals surface area contributed by atoms with Crippen molar-refractivity contribution in [1.82, 2.24) is 0 Å². The minimum absolute atomic E-state index is 0.0983. The van der Waals surface area contributed by atoms with Crippen molar-refractivity contribution in [1.29, 1.82) is 0 Å². The van der Waals surface area contributed by atoms with E-state index in [9.17, 15) is 0 Å². The molecule has 1 aromatic rings. The lowest BCUT2D eigenvalue weighted by atomic mass is 10.3. The zero-order chi connectivity index (χ0) is 14.0. The van der Waals surface area contributed by atoms with Crippen LogP contribution in [0.4, 0.5) is 0 Å². The highest BCUT2D eigenvalue weighted by atomic mass is 32.1. The quantitative estimate of drug-likeness (QED) is 0.460. The molecular weight excluding hydrogens is 280 g/mol. The summed E-state index contributed by atoms with van der Waals surface area (Å²) in [5.41, 5.74) is 0. The zero-order valence-electron chi connectivity index (χ0n) is 11.8. The van der Waals surface area contributed by atoms with Gasteiger partial charge in [0, 0.05) is 18.4 Å². The van der Waals surface area contributed by atoms with Crippen LogP contribution in [0, 0.1) is 0 Å². The lowest BCUT2D eigenvalue weighted by molar-refractivity contribution is -0.170. The molecular formula is C14H22O5S. The molecule has 2 heterocycles. The van der Waals surface area contributed by atoms with Crippen LogP contribution in [-0.2, 0) is 30.1 Å². The van der Waals surface area contributed by atoms with E-state index in [1.54, 1.807) is 18.4 Å². The predicted octanol–water partition coefficient (Wildman–Crippen LogP) is 1.71. The molecule has 0 bridgehead atoms. The van der Waals surface area contributed by atoms with E-state index in [4.69, 9.17) is 23.7 Å². The van der Waals surface area contributed by atoms with Gasteiger partial charge in [0.2, 0.25) is 0 Å². The van der Waals surface area contributed by atoms with Crippen molar-refractivity contribution in [3.63, 3.8) is 0 Å². The molecule has 0 aliphatic carbocycles. The average Bonchev–Trinajstić information content (AvgIpc) is 2.91. The van der Waals surface area contributed by atoms with Crippen LogP contribution in [0.25, 0.3) is 0 Å². The largest absolute Gasteiger partial charge is 0.378 e. The second-order valence-corrected chi connectivity index (χ2v) is 5.62. The molecule has 1 aromatic heterocycles. The minimum atomic E-state index is -0.0983. The van der Waals surface area contributed by atoms with Gasteiger partial charge in [-0.05, 0) is 11.4 Å². The van der Waals surface area contributed by atoms with Crippen LogP contribution in [0.5, 0.6) is 0 Å². The smallest absolute Gasteiger partial charge is 0.146 e. The third kappa shape index (κ3) is 5.87. The maximum atomic E-state index is 5.66. The van der Waals surface area contributed by atoms with Crippen molar-refractivity contribution in [3.05, 3.63) is 22.4 Å². The summed E-state index contributed by atoms with van der Waals surface area (Å²) in [4.78, 5) is 1.34. The predicted molar refractivity (Wildman–Crippen MR) is 76.2 cm³/mol. The Morgan fingerprint density at radius 2 is 2.30 bits per heavy atom. The molecule has 1 fully saturated rings. The summed E-state index contributed by atoms with van der Waals surface area (Å²) in [5, 5.41) is 2.08. The minimum Gasteiger partial charge on any atom is -0.378 e. The Bertz CT molecular complexity index is 339. The fourth-order valence-corrected chi connectivity index (χ4v) is 2.39. The van der Waals surface area contributed by atoms with E-state index in [0.717, 1.165) is 6.42 Å². The average molecular weight is 302 g/mol. The van der Waals surface area contributed by atoms with Gasteiger partial charge in [-0.1, -0.05) is 6.07 Å². The summed E-state index contributed by atoms with van der Waals surface area (Å²) >= 11 is 1.75. The van der Waals surface area contributed by atoms with Crippen LogP contribution in [0.2, 0.25) is 0 Å². The summed E-state index contributed by atoms with van der Waals surface area (Å²) in [6.45, 7) is 3.33. The Balaban J connectivity index is 1.58. The van der Waals surface area contributed by atoms with Gasteiger partial charge in [-0.3, -0.25) is 0 Å². The molecule has 6 heteroatoms. The van der Waals surface area contributed by atoms with Gasteiger partial charge in [0.1, 0.15) is 19.0 Å². The van der Waals surface area contributed by atoms with Crippen LogP contribution < -0.4 is 0 Å². The molecule has 1 aliphatic rings. The molecule has 1 atom stereocenters. The fourth-order valence-electron chi connectivity index (χ4n) is 1.70. The van der Waals surface area contributed by atoms with Crippen LogP contribution in [0.3, 0.4) is 0 Å². The number of ether oxygens (including phenoxy) is 5. The van der Waals surface area contributed by atoms with E-state index in [1.165, 1.54) is 4.88 Å². The number of hydrogen-bond acceptors (Lipinski definition) is 6. The van der Waals surface area contributed by atoms with Crippen molar-refractivity contribution >= 4 is 11.3 Å². The summed E-state index contributed by atoms with van der Waals surface area (Å²) < 4.78 is 26.9. The van der Waals surface area contributed by atoms with Crippen molar-refractivity contribution in [2.75, 3.05) is 46.9 Å². The van der Waals surface area contributed by atoms with Crippen molar-refractivity contribution in [2.45, 2.75) is 18.6 Å². The van der Waals surface area contributed by atoms with Crippen molar-refractivity contribution in [2.24, 2.45) is 0 Å². The summed E-state index contributed by atoms with van der Waals surface area (Å²) in [6.07, 6.45) is 1.04. The molecule has 114 valence electrons. The van der Waals surface area contributed by atoms with Crippen LogP contribution >= 0.6 is 11.3 Å². The SMILES string of the molecule is COCOC(COCCc1cccs1)COC1COC1. The highest BCUT2D eigenvalue weighted by Crippen LogP contribution is 2.10. The van der Waals surface area contributed by atoms with Gasteiger partial charge in [0.15, 0.2) is 0 Å². The first-order valence-electron chi connectivity index (χ1n) is 6.78. The van der Waals surface area contributed by atoms with Gasteiger partial charge >= 0.3 is 0 Å². The van der Waals surface area contributed by atoms with Gasteiger partial charge in [-0.25, -0.2) is 0 Å². The Labute approximate surface area is 123 Å². The molecule has 1 unspecified atom stereocenters. The van der Waals surface area contributed by atoms with E-state index >= 15 is 0 Å². The molecule has 2 rings (SSSR count). The first kappa shape index (κ1) is 15.9. The monoisotopic (exact) mass is 302 g/mol. The number of thiophene rings is 1. The van der Waals surface area contributed by atoms with Gasteiger partial charge in [-0.2, -0.15) is 0 Å². The molecule has 0 saturated carbocycles. The van der Waals surface area contributed by atoms with Gasteiger partial charge in [-0.15, -0.1) is 11.3 Å². The fraction of sp³-hybridized carbons (Fsp3) is 0.714. The van der Waals surface area contributed by atoms with E-state index in [-0.39, 0.29) is 19.0 Å². The highest BCUT2D eigenvalue weighted by molar-refractivity contribution is 7.09.